The zero-order valence-corrected chi connectivity index (χ0v) is 43.2. The molecule has 0 radical (unpaired) electrons. The number of nitrogens with one attached hydrogen (secondary N) is 3. The molecule has 0 aliphatic rings. The third-order valence-electron chi connectivity index (χ3n) is 10.00. The molecule has 0 bridgehead atoms. The molecule has 0 saturated heterocycles. The molecule has 79 heavy (non-hydrogen) atoms. The number of aliphatic hydroxyl groups excluding tert-OH is 2. The highest BCUT2D eigenvalue weighted by molar-refractivity contribution is 5.92. The van der Waals surface area contributed by atoms with Gasteiger partial charge in [-0.05, 0) is 30.7 Å². The molecule has 5 N–H and O–H groups in total. The van der Waals surface area contributed by atoms with E-state index in [-0.39, 0.29) is 22.6 Å². The van der Waals surface area contributed by atoms with E-state index in [1.54, 1.807) is 0 Å². The summed E-state index contributed by atoms with van der Waals surface area (Å²) < 4.78 is 63.5. The van der Waals surface area contributed by atoms with Crippen LogP contribution in [-0.2, 0) is 95.2 Å². The molecule has 27 nitrogen and oxygen atoms in total. The number of esters is 8. The molecule has 2 atom stereocenters. The highest BCUT2D eigenvalue weighted by Gasteiger charge is 2.40. The summed E-state index contributed by atoms with van der Waals surface area (Å²) in [6.45, 7) is 23.1. The van der Waals surface area contributed by atoms with Gasteiger partial charge < -0.3 is 72.4 Å². The van der Waals surface area contributed by atoms with Crippen molar-refractivity contribution in [3.8, 4) is 0 Å². The number of benzene rings is 1. The van der Waals surface area contributed by atoms with Crippen LogP contribution in [0.1, 0.15) is 5.56 Å². The van der Waals surface area contributed by atoms with Crippen molar-refractivity contribution in [3.05, 3.63) is 132 Å². The van der Waals surface area contributed by atoms with Gasteiger partial charge in [-0.1, -0.05) is 59.2 Å². The summed E-state index contributed by atoms with van der Waals surface area (Å²) >= 11 is 0. The lowest BCUT2D eigenvalue weighted by Crippen LogP contribution is -2.44. The van der Waals surface area contributed by atoms with Crippen molar-refractivity contribution in [1.29, 1.82) is 0 Å². The number of carbonyl (C=O) groups excluding carboxylic acids is 10. The van der Waals surface area contributed by atoms with Crippen LogP contribution >= 0.6 is 0 Å². The van der Waals surface area contributed by atoms with E-state index >= 15 is 0 Å². The van der Waals surface area contributed by atoms with Crippen LogP contribution in [0.3, 0.4) is 0 Å². The molecule has 0 saturated carbocycles. The molecule has 0 aromatic heterocycles. The second kappa shape index (κ2) is 35.2. The van der Waals surface area contributed by atoms with Crippen molar-refractivity contribution >= 4 is 77.0 Å². The van der Waals surface area contributed by atoms with Crippen LogP contribution in [0.25, 0.3) is 0 Å². The Morgan fingerprint density at radius 2 is 0.684 bits per heavy atom. The maximum atomic E-state index is 13.7. The average molecular weight is 1110 g/mol. The molecular weight excluding hydrogens is 1050 g/mol. The minimum Gasteiger partial charge on any atom is -0.462 e. The molecule has 0 aliphatic carbocycles. The molecule has 0 spiro atoms. The summed E-state index contributed by atoms with van der Waals surface area (Å²) in [5, 5.41) is 28.8. The SMILES string of the molecule is C=CC(=O)OCC(COC(=O)C=C)(COC(=O)C=C)COC(=O)Nc1cc(NC(=O)OCC(COC(=O)C=C)(COC(=O)C=C)COC(O)C=C)cc(NC(O)OCC(COC(=O)C=C)(COC(=O)C=C)COC(=O)C=C)c1C. The van der Waals surface area contributed by atoms with E-state index < -0.39 is 168 Å². The Morgan fingerprint density at radius 3 is 0.987 bits per heavy atom. The first kappa shape index (κ1) is 67.8. The van der Waals surface area contributed by atoms with Gasteiger partial charge in [0.25, 0.3) is 0 Å². The minimum atomic E-state index is -2.10. The predicted molar refractivity (Wildman–Crippen MR) is 275 cm³/mol. The van der Waals surface area contributed by atoms with Gasteiger partial charge in [0.2, 0.25) is 6.41 Å². The third-order valence-corrected chi connectivity index (χ3v) is 10.00. The Bertz CT molecular complexity index is 2300. The highest BCUT2D eigenvalue weighted by Crippen LogP contribution is 2.32. The van der Waals surface area contributed by atoms with Crippen LogP contribution in [-0.4, -0.2) is 162 Å². The third kappa shape index (κ3) is 25.9. The van der Waals surface area contributed by atoms with Gasteiger partial charge in [0, 0.05) is 60.0 Å². The van der Waals surface area contributed by atoms with Crippen molar-refractivity contribution in [2.24, 2.45) is 16.2 Å². The van der Waals surface area contributed by atoms with Gasteiger partial charge in [-0.15, -0.1) is 0 Å². The molecule has 1 rings (SSSR count). The first-order chi connectivity index (χ1) is 37.4. The number of carbonyl (C=O) groups is 10. The van der Waals surface area contributed by atoms with Gasteiger partial charge in [-0.2, -0.15) is 0 Å². The van der Waals surface area contributed by atoms with Gasteiger partial charge in [0.15, 0.2) is 6.29 Å². The standard InChI is InChI=1S/C52H63N3O24/c1-11-38(56)68-22-50(23-69-39(57)12-2,24-70-40(58)13-3)31-77-47(65)53-35-20-36(54-48(66)78-32-51(25-71-41(59)14-4,26-72-42(60)15-5)27-73-43(61)16-6)34(10)37(21-35)55-49(67)79-33-52(28-74-44(62)17-7,29-75-45(63)18-8)30-76-46(64)19-9/h11-21,38,48,54,56,66H,1-9,22-33H2,10H3,(H,53,65)(H,55,67). The van der Waals surface area contributed by atoms with Crippen molar-refractivity contribution in [2.75, 3.05) is 95.2 Å². The van der Waals surface area contributed by atoms with Crippen LogP contribution in [0.5, 0.6) is 0 Å². The molecular formula is C52H63N3O24. The van der Waals surface area contributed by atoms with E-state index in [0.29, 0.717) is 0 Å². The molecule has 0 heterocycles. The summed E-state index contributed by atoms with van der Waals surface area (Å²) in [6, 6.07) is 2.34. The van der Waals surface area contributed by atoms with Crippen molar-refractivity contribution in [3.63, 3.8) is 0 Å². The summed E-state index contributed by atoms with van der Waals surface area (Å²) in [7, 11) is 0. The molecule has 2 unspecified atom stereocenters. The lowest BCUT2D eigenvalue weighted by Gasteiger charge is -2.32. The largest absolute Gasteiger partial charge is 0.462 e. The number of ether oxygens (including phenoxy) is 12. The molecule has 0 aliphatic heterocycles. The first-order valence-corrected chi connectivity index (χ1v) is 22.8. The Hall–Kier alpha value is -9.18. The first-order valence-electron chi connectivity index (χ1n) is 22.8. The van der Waals surface area contributed by atoms with Gasteiger partial charge in [0.1, 0.15) is 71.5 Å². The zero-order valence-electron chi connectivity index (χ0n) is 43.2. The second-order valence-electron chi connectivity index (χ2n) is 16.3. The van der Waals surface area contributed by atoms with E-state index in [1.165, 1.54) is 13.0 Å². The summed E-state index contributed by atoms with van der Waals surface area (Å²) in [4.78, 5) is 125. The number of rotatable bonds is 39. The quantitative estimate of drug-likeness (QED) is 0.0208. The summed E-state index contributed by atoms with van der Waals surface area (Å²) in [5.74, 6) is -7.62. The van der Waals surface area contributed by atoms with Crippen molar-refractivity contribution < 1.29 is 115 Å². The van der Waals surface area contributed by atoms with E-state index in [4.69, 9.17) is 56.8 Å². The smallest absolute Gasteiger partial charge is 0.411 e. The van der Waals surface area contributed by atoms with Crippen LogP contribution < -0.4 is 16.0 Å². The fourth-order valence-electron chi connectivity index (χ4n) is 5.58. The van der Waals surface area contributed by atoms with Gasteiger partial charge in [-0.3, -0.25) is 10.6 Å². The van der Waals surface area contributed by atoms with E-state index in [1.807, 2.05) is 0 Å². The van der Waals surface area contributed by atoms with Crippen LogP contribution in [0.2, 0.25) is 0 Å². The van der Waals surface area contributed by atoms with Gasteiger partial charge in [0.05, 0.1) is 29.7 Å². The van der Waals surface area contributed by atoms with E-state index in [2.05, 4.69) is 75.2 Å². The normalized spacial score (nSPS) is 11.5. The van der Waals surface area contributed by atoms with Crippen LogP contribution in [0, 0.1) is 23.2 Å². The number of amides is 2. The van der Waals surface area contributed by atoms with Crippen molar-refractivity contribution in [1.82, 2.24) is 0 Å². The lowest BCUT2D eigenvalue weighted by molar-refractivity contribution is -0.173. The van der Waals surface area contributed by atoms with E-state index in [9.17, 15) is 58.2 Å². The van der Waals surface area contributed by atoms with Crippen molar-refractivity contribution in [2.45, 2.75) is 19.6 Å². The van der Waals surface area contributed by atoms with Gasteiger partial charge in [-0.25, -0.2) is 47.9 Å². The van der Waals surface area contributed by atoms with Gasteiger partial charge >= 0.3 is 59.9 Å². The number of hydrogen-bond acceptors (Lipinski definition) is 25. The fraction of sp³-hybridized carbons (Fsp3) is 0.346. The molecule has 1 aromatic carbocycles. The Morgan fingerprint density at radius 1 is 0.418 bits per heavy atom. The van der Waals surface area contributed by atoms with Crippen LogP contribution in [0.15, 0.2) is 126 Å². The molecule has 0 fully saturated rings. The number of aliphatic hydroxyl groups is 2. The number of hydrogen-bond donors (Lipinski definition) is 5. The minimum absolute atomic E-state index is 0.0560. The molecule has 430 valence electrons. The second-order valence-corrected chi connectivity index (χ2v) is 16.3. The zero-order chi connectivity index (χ0) is 59.6. The maximum absolute atomic E-state index is 13.7. The molecule has 27 heteroatoms. The number of anilines is 3. The lowest BCUT2D eigenvalue weighted by atomic mass is 9.92. The Balaban J connectivity index is 3.94. The topological polar surface area (TPSA) is 358 Å². The Kier molecular flexibility index (Phi) is 30.2. The molecule has 2 amide bonds. The Labute approximate surface area is 453 Å². The predicted octanol–water partition coefficient (Wildman–Crippen LogP) is 3.11. The summed E-state index contributed by atoms with van der Waals surface area (Å²) in [6.07, 6.45) is 1.23. The fourth-order valence-corrected chi connectivity index (χ4v) is 5.58. The summed E-state index contributed by atoms with van der Waals surface area (Å²) in [5.41, 5.74) is -5.77. The monoisotopic (exact) mass is 1110 g/mol. The van der Waals surface area contributed by atoms with E-state index in [0.717, 1.165) is 60.8 Å². The maximum Gasteiger partial charge on any atom is 0.411 e. The molecule has 1 aromatic rings. The highest BCUT2D eigenvalue weighted by atomic mass is 16.6. The average Bonchev–Trinajstić information content (AvgIpc) is 3.45. The van der Waals surface area contributed by atoms with Crippen LogP contribution in [0.4, 0.5) is 26.7 Å².